The Balaban J connectivity index is 2.75. The van der Waals surface area contributed by atoms with Gasteiger partial charge in [0.2, 0.25) is 6.33 Å². The van der Waals surface area contributed by atoms with E-state index in [1.807, 2.05) is 0 Å². The Bertz CT molecular complexity index is 551. The molecule has 0 saturated heterocycles. The van der Waals surface area contributed by atoms with E-state index in [2.05, 4.69) is 75.6 Å². The highest BCUT2D eigenvalue weighted by Gasteiger charge is 2.22. The van der Waals surface area contributed by atoms with Gasteiger partial charge in [0.1, 0.15) is 17.1 Å². The number of benzene rings is 1. The molecule has 2 nitrogen and oxygen atoms in total. The van der Waals surface area contributed by atoms with Gasteiger partial charge in [0.05, 0.1) is 0 Å². The number of hydrogen-bond donors (Lipinski definition) is 1. The summed E-state index contributed by atoms with van der Waals surface area (Å²) in [6, 6.07) is 6.69. The zero-order valence-corrected chi connectivity index (χ0v) is 12.9. The molecule has 0 amide bonds. The van der Waals surface area contributed by atoms with E-state index in [1.54, 1.807) is 0 Å². The van der Waals surface area contributed by atoms with Crippen molar-refractivity contribution in [2.45, 2.75) is 53.4 Å². The van der Waals surface area contributed by atoms with Gasteiger partial charge in [0.25, 0.3) is 0 Å². The van der Waals surface area contributed by atoms with E-state index >= 15 is 0 Å². The van der Waals surface area contributed by atoms with E-state index in [9.17, 15) is 0 Å². The van der Waals surface area contributed by atoms with Crippen LogP contribution in [0, 0.1) is 13.8 Å². The van der Waals surface area contributed by atoms with Gasteiger partial charge in [0, 0.05) is 25.0 Å². The van der Waals surface area contributed by atoms with Gasteiger partial charge >= 0.3 is 0 Å². The third-order valence-corrected chi connectivity index (χ3v) is 3.90. The average molecular weight is 257 g/mol. The lowest BCUT2D eigenvalue weighted by Gasteiger charge is -2.17. The number of aromatic amines is 1. The summed E-state index contributed by atoms with van der Waals surface area (Å²) in [4.78, 5) is 3.33. The van der Waals surface area contributed by atoms with Crippen LogP contribution in [0.3, 0.4) is 0 Å². The zero-order valence-electron chi connectivity index (χ0n) is 12.9. The molecule has 2 heteroatoms. The van der Waals surface area contributed by atoms with E-state index in [0.29, 0.717) is 11.8 Å². The maximum absolute atomic E-state index is 3.33. The number of nitrogens with zero attached hydrogens (tertiary/aromatic N) is 1. The standard InChI is InChI=1S/C17H24N2/c1-11(2)15-8-7-9-16(12(3)4)17(15)19-10-18-13(5)14(19)6/h7-12H,1-6H3/p+1. The van der Waals surface area contributed by atoms with Gasteiger partial charge < -0.3 is 0 Å². The van der Waals surface area contributed by atoms with Crippen molar-refractivity contribution < 1.29 is 4.57 Å². The minimum atomic E-state index is 0.524. The van der Waals surface area contributed by atoms with Crippen LogP contribution in [0.25, 0.3) is 5.69 Å². The molecule has 2 rings (SSSR count). The molecular weight excluding hydrogens is 232 g/mol. The molecule has 1 aromatic heterocycles. The molecule has 0 fully saturated rings. The van der Waals surface area contributed by atoms with Gasteiger partial charge in [-0.3, -0.25) is 0 Å². The fraction of sp³-hybridized carbons (Fsp3) is 0.471. The molecule has 0 aliphatic heterocycles. The molecule has 19 heavy (non-hydrogen) atoms. The third kappa shape index (κ3) is 2.44. The SMILES string of the molecule is Cc1[nH]c[n+](-c2c(C(C)C)cccc2C(C)C)c1C. The van der Waals surface area contributed by atoms with Crippen LogP contribution in [0.1, 0.15) is 62.0 Å². The number of imidazole rings is 1. The lowest BCUT2D eigenvalue weighted by atomic mass is 9.92. The summed E-state index contributed by atoms with van der Waals surface area (Å²) in [6.45, 7) is 13.3. The molecule has 0 aliphatic rings. The molecule has 0 atom stereocenters. The van der Waals surface area contributed by atoms with Crippen molar-refractivity contribution in [1.29, 1.82) is 0 Å². The topological polar surface area (TPSA) is 19.7 Å². The van der Waals surface area contributed by atoms with Crippen molar-refractivity contribution in [2.75, 3.05) is 0 Å². The highest BCUT2D eigenvalue weighted by atomic mass is 15.1. The second kappa shape index (κ2) is 5.20. The van der Waals surface area contributed by atoms with E-state index in [4.69, 9.17) is 0 Å². The summed E-state index contributed by atoms with van der Waals surface area (Å²) in [6.07, 6.45) is 2.08. The maximum Gasteiger partial charge on any atom is 0.247 e. The third-order valence-electron chi connectivity index (χ3n) is 3.90. The van der Waals surface area contributed by atoms with Crippen LogP contribution >= 0.6 is 0 Å². The van der Waals surface area contributed by atoms with E-state index in [1.165, 1.54) is 28.2 Å². The van der Waals surface area contributed by atoms with Gasteiger partial charge in [-0.05, 0) is 11.8 Å². The Morgan fingerprint density at radius 2 is 1.47 bits per heavy atom. The quantitative estimate of drug-likeness (QED) is 0.797. The number of rotatable bonds is 3. The van der Waals surface area contributed by atoms with Gasteiger partial charge in [0.15, 0.2) is 0 Å². The molecule has 0 radical (unpaired) electrons. The normalized spacial score (nSPS) is 11.6. The fourth-order valence-corrected chi connectivity index (χ4v) is 2.57. The smallest absolute Gasteiger partial charge is 0.247 e. The van der Waals surface area contributed by atoms with Crippen LogP contribution in [0.5, 0.6) is 0 Å². The Kier molecular flexibility index (Phi) is 3.79. The van der Waals surface area contributed by atoms with E-state index in [0.717, 1.165) is 0 Å². The summed E-state index contributed by atoms with van der Waals surface area (Å²) < 4.78 is 2.31. The zero-order chi connectivity index (χ0) is 14.2. The van der Waals surface area contributed by atoms with Crippen LogP contribution < -0.4 is 4.57 Å². The second-order valence-corrected chi connectivity index (χ2v) is 5.95. The van der Waals surface area contributed by atoms with Crippen molar-refractivity contribution >= 4 is 0 Å². The molecule has 2 aromatic rings. The van der Waals surface area contributed by atoms with Crippen molar-refractivity contribution in [3.8, 4) is 5.69 Å². The molecule has 0 bridgehead atoms. The van der Waals surface area contributed by atoms with Crippen LogP contribution in [0.2, 0.25) is 0 Å². The first-order valence-corrected chi connectivity index (χ1v) is 7.12. The molecule has 1 heterocycles. The lowest BCUT2D eigenvalue weighted by Crippen LogP contribution is -2.35. The first-order chi connectivity index (χ1) is 8.93. The Morgan fingerprint density at radius 3 is 1.84 bits per heavy atom. The summed E-state index contributed by atoms with van der Waals surface area (Å²) in [5.74, 6) is 1.05. The van der Waals surface area contributed by atoms with Gasteiger partial charge in [-0.25, -0.2) is 4.98 Å². The first-order valence-electron chi connectivity index (χ1n) is 7.12. The molecule has 102 valence electrons. The summed E-state index contributed by atoms with van der Waals surface area (Å²) in [5.41, 5.74) is 6.70. The van der Waals surface area contributed by atoms with E-state index in [-0.39, 0.29) is 0 Å². The van der Waals surface area contributed by atoms with E-state index < -0.39 is 0 Å². The largest absolute Gasteiger partial charge is 0.247 e. The monoisotopic (exact) mass is 257 g/mol. The number of para-hydroxylation sites is 1. The number of nitrogens with one attached hydrogen (secondary N) is 1. The summed E-state index contributed by atoms with van der Waals surface area (Å²) >= 11 is 0. The highest BCUT2D eigenvalue weighted by Crippen LogP contribution is 2.28. The summed E-state index contributed by atoms with van der Waals surface area (Å²) in [7, 11) is 0. The average Bonchev–Trinajstić information content (AvgIpc) is 2.68. The van der Waals surface area contributed by atoms with Crippen LogP contribution in [-0.2, 0) is 0 Å². The molecule has 1 N–H and O–H groups in total. The minimum Gasteiger partial charge on any atom is -0.247 e. The Morgan fingerprint density at radius 1 is 0.947 bits per heavy atom. The van der Waals surface area contributed by atoms with Crippen molar-refractivity contribution in [3.05, 3.63) is 47.0 Å². The van der Waals surface area contributed by atoms with Crippen molar-refractivity contribution in [1.82, 2.24) is 4.98 Å². The number of hydrogen-bond acceptors (Lipinski definition) is 0. The predicted molar refractivity (Wildman–Crippen MR) is 80.0 cm³/mol. The first kappa shape index (κ1) is 13.9. The molecule has 0 unspecified atom stereocenters. The lowest BCUT2D eigenvalue weighted by molar-refractivity contribution is -0.602. The predicted octanol–water partition coefficient (Wildman–Crippen LogP) is 4.16. The fourth-order valence-electron chi connectivity index (χ4n) is 2.57. The maximum atomic E-state index is 3.33. The van der Waals surface area contributed by atoms with Crippen LogP contribution in [-0.4, -0.2) is 4.98 Å². The molecule has 1 aromatic carbocycles. The number of aromatic nitrogens is 2. The molecular formula is C17H25N2+. The Hall–Kier alpha value is -1.57. The van der Waals surface area contributed by atoms with Gasteiger partial charge in [-0.15, -0.1) is 0 Å². The minimum absolute atomic E-state index is 0.524. The van der Waals surface area contributed by atoms with Crippen LogP contribution in [0.15, 0.2) is 24.5 Å². The second-order valence-electron chi connectivity index (χ2n) is 5.95. The van der Waals surface area contributed by atoms with Gasteiger partial charge in [-0.1, -0.05) is 45.9 Å². The van der Waals surface area contributed by atoms with Gasteiger partial charge in [-0.2, -0.15) is 4.57 Å². The molecule has 0 spiro atoms. The van der Waals surface area contributed by atoms with Crippen molar-refractivity contribution in [3.63, 3.8) is 0 Å². The molecule has 0 aliphatic carbocycles. The number of aryl methyl sites for hydroxylation is 1. The highest BCUT2D eigenvalue weighted by molar-refractivity contribution is 5.45. The number of H-pyrrole nitrogens is 1. The van der Waals surface area contributed by atoms with Crippen LogP contribution in [0.4, 0.5) is 0 Å². The Labute approximate surface area is 116 Å². The van der Waals surface area contributed by atoms with Crippen molar-refractivity contribution in [2.24, 2.45) is 0 Å². The summed E-state index contributed by atoms with van der Waals surface area (Å²) in [5, 5.41) is 0. The molecule has 0 saturated carbocycles.